The van der Waals surface area contributed by atoms with E-state index in [-0.39, 0.29) is 12.8 Å². The predicted octanol–water partition coefficient (Wildman–Crippen LogP) is 0.275. The fourth-order valence-electron chi connectivity index (χ4n) is 1.76. The molecule has 3 atom stereocenters. The molecule has 3 N–H and O–H groups in total. The molecule has 0 aromatic carbocycles. The molecule has 0 amide bonds. The van der Waals surface area contributed by atoms with Gasteiger partial charge in [0.1, 0.15) is 6.61 Å². The van der Waals surface area contributed by atoms with Crippen LogP contribution in [0.15, 0.2) is 0 Å². The van der Waals surface area contributed by atoms with Gasteiger partial charge in [0, 0.05) is 0 Å². The normalized spacial score (nSPS) is 19.1. The lowest BCUT2D eigenvalue weighted by atomic mass is 9.87. The van der Waals surface area contributed by atoms with Crippen LogP contribution in [0, 0.1) is 5.41 Å². The van der Waals surface area contributed by atoms with Gasteiger partial charge in [-0.2, -0.15) is 8.42 Å². The quantitative estimate of drug-likeness (QED) is 0.254. The highest BCUT2D eigenvalue weighted by Gasteiger charge is 2.36. The smallest absolute Gasteiger partial charge is 0.337 e. The van der Waals surface area contributed by atoms with Crippen molar-refractivity contribution >= 4 is 31.5 Å². The van der Waals surface area contributed by atoms with E-state index >= 15 is 0 Å². The molecule has 0 aromatic heterocycles. The molecule has 3 unspecified atom stereocenters. The summed E-state index contributed by atoms with van der Waals surface area (Å²) in [6.07, 6.45) is -1.08. The summed E-state index contributed by atoms with van der Waals surface area (Å²) in [5.74, 6) is -0.918. The van der Waals surface area contributed by atoms with Gasteiger partial charge >= 0.3 is 13.6 Å². The van der Waals surface area contributed by atoms with Crippen molar-refractivity contribution < 1.29 is 50.6 Å². The number of ether oxygens (including phenoxy) is 1. The van der Waals surface area contributed by atoms with Crippen LogP contribution in [-0.2, 0) is 33.1 Å². The molecule has 0 saturated heterocycles. The van der Waals surface area contributed by atoms with Crippen molar-refractivity contribution in [1.29, 1.82) is 0 Å². The second-order valence-corrected chi connectivity index (χ2v) is 10.7. The molecule has 0 radical (unpaired) electrons. The molecule has 14 heteroatoms. The van der Waals surface area contributed by atoms with Crippen molar-refractivity contribution in [1.82, 2.24) is 0 Å². The van der Waals surface area contributed by atoms with E-state index < -0.39 is 54.9 Å². The standard InChI is InChI=1S/C10H22O11P2S/c1-4-8(24(17,18)19)7-10(2,3)9(11)20-5-6-22(12,13)21-23(14,15)16/h8H,4-7H2,1-3H3,(H,12,13)(H2,14,15,16)(H,17,18,19)/p-1. The Kier molecular flexibility index (Phi) is 8.26. The number of esters is 1. The summed E-state index contributed by atoms with van der Waals surface area (Å²) in [6, 6.07) is 0. The average Bonchev–Trinajstić information content (AvgIpc) is 2.31. The number of carbonyl (C=O) groups excluding carboxylic acids is 1. The van der Waals surface area contributed by atoms with E-state index in [0.717, 1.165) is 0 Å². The highest BCUT2D eigenvalue weighted by molar-refractivity contribution is 7.86. The molecule has 0 aliphatic carbocycles. The van der Waals surface area contributed by atoms with E-state index in [0.29, 0.717) is 0 Å². The van der Waals surface area contributed by atoms with Gasteiger partial charge in [-0.05, 0) is 26.7 Å². The molecule has 0 aliphatic heterocycles. The van der Waals surface area contributed by atoms with Gasteiger partial charge in [-0.15, -0.1) is 0 Å². The molecule has 24 heavy (non-hydrogen) atoms. The van der Waals surface area contributed by atoms with Crippen LogP contribution in [-0.4, -0.2) is 46.7 Å². The molecule has 0 fully saturated rings. The molecule has 0 bridgehead atoms. The summed E-state index contributed by atoms with van der Waals surface area (Å²) in [6.45, 7) is 3.53. The van der Waals surface area contributed by atoms with Gasteiger partial charge in [0.2, 0.25) is 0 Å². The Balaban J connectivity index is 4.71. The maximum Gasteiger partial charge on any atom is 0.337 e. The van der Waals surface area contributed by atoms with Crippen molar-refractivity contribution in [2.24, 2.45) is 5.41 Å². The molecule has 0 rings (SSSR count). The molecule has 0 aromatic rings. The van der Waals surface area contributed by atoms with Gasteiger partial charge in [0.25, 0.3) is 17.9 Å². The maximum atomic E-state index is 11.9. The van der Waals surface area contributed by atoms with Gasteiger partial charge in [0.05, 0.1) is 16.8 Å². The van der Waals surface area contributed by atoms with Crippen molar-refractivity contribution in [3.63, 3.8) is 0 Å². The zero-order valence-electron chi connectivity index (χ0n) is 13.3. The summed E-state index contributed by atoms with van der Waals surface area (Å²) in [5, 5.41) is -1.19. The van der Waals surface area contributed by atoms with Gasteiger partial charge in [-0.25, -0.2) is 4.31 Å². The summed E-state index contributed by atoms with van der Waals surface area (Å²) in [4.78, 5) is 39.8. The Bertz CT molecular complexity index is 635. The molecule has 0 heterocycles. The zero-order valence-corrected chi connectivity index (χ0v) is 15.9. The van der Waals surface area contributed by atoms with Crippen molar-refractivity contribution in [3.05, 3.63) is 0 Å². The van der Waals surface area contributed by atoms with E-state index in [1.807, 2.05) is 0 Å². The Morgan fingerprint density at radius 1 is 1.29 bits per heavy atom. The van der Waals surface area contributed by atoms with Crippen LogP contribution in [0.4, 0.5) is 0 Å². The average molecular weight is 411 g/mol. The van der Waals surface area contributed by atoms with Crippen LogP contribution in [0.3, 0.4) is 0 Å². The van der Waals surface area contributed by atoms with Crippen LogP contribution < -0.4 is 4.89 Å². The molecular weight excluding hydrogens is 390 g/mol. The molecule has 0 saturated carbocycles. The minimum atomic E-state index is -5.42. The first-order valence-corrected chi connectivity index (χ1v) is 11.5. The fourth-order valence-corrected chi connectivity index (χ4v) is 4.75. The first-order chi connectivity index (χ1) is 10.5. The first-order valence-electron chi connectivity index (χ1n) is 6.70. The highest BCUT2D eigenvalue weighted by Crippen LogP contribution is 2.54. The molecule has 144 valence electrons. The molecular formula is C10H21O11P2S-. The summed E-state index contributed by atoms with van der Waals surface area (Å²) < 4.78 is 61.4. The SMILES string of the molecule is CCC(CC(C)(C)C(=O)OCCP(=O)(O)OP(=O)([O-])O)S(=O)(=O)O. The molecule has 0 spiro atoms. The molecule has 0 aliphatic rings. The number of phosphoric acid groups is 1. The number of rotatable bonds is 10. The van der Waals surface area contributed by atoms with Crippen LogP contribution in [0.5, 0.6) is 0 Å². The van der Waals surface area contributed by atoms with Gasteiger partial charge in [0.15, 0.2) is 0 Å². The monoisotopic (exact) mass is 411 g/mol. The fraction of sp³-hybridized carbons (Fsp3) is 0.900. The van der Waals surface area contributed by atoms with E-state index in [2.05, 4.69) is 4.31 Å². The Morgan fingerprint density at radius 3 is 2.17 bits per heavy atom. The van der Waals surface area contributed by atoms with Gasteiger partial charge in [-0.1, -0.05) is 6.92 Å². The lowest BCUT2D eigenvalue weighted by molar-refractivity contribution is -0.211. The van der Waals surface area contributed by atoms with Crippen LogP contribution in [0.1, 0.15) is 33.6 Å². The molecule has 11 nitrogen and oxygen atoms in total. The van der Waals surface area contributed by atoms with Crippen molar-refractivity contribution in [3.8, 4) is 0 Å². The van der Waals surface area contributed by atoms with E-state index in [1.54, 1.807) is 0 Å². The predicted molar refractivity (Wildman–Crippen MR) is 80.6 cm³/mol. The topological polar surface area (TPSA) is 188 Å². The largest absolute Gasteiger partial charge is 0.756 e. The number of hydrogen-bond acceptors (Lipinski definition) is 8. The zero-order chi connectivity index (χ0) is 19.4. The Labute approximate surface area is 139 Å². The van der Waals surface area contributed by atoms with E-state index in [1.165, 1.54) is 20.8 Å². The third kappa shape index (κ3) is 9.24. The first kappa shape index (κ1) is 23.7. The Morgan fingerprint density at radius 2 is 1.79 bits per heavy atom. The lowest BCUT2D eigenvalue weighted by Crippen LogP contribution is -2.34. The maximum absolute atomic E-state index is 11.9. The van der Waals surface area contributed by atoms with Crippen molar-refractivity contribution in [2.45, 2.75) is 38.9 Å². The summed E-state index contributed by atoms with van der Waals surface area (Å²) >= 11 is 0. The number of carbonyl (C=O) groups is 1. The van der Waals surface area contributed by atoms with Gasteiger partial charge < -0.3 is 19.4 Å². The third-order valence-electron chi connectivity index (χ3n) is 3.00. The summed E-state index contributed by atoms with van der Waals surface area (Å²) in [5.41, 5.74) is -1.33. The Hall–Kier alpha value is -0.320. The van der Waals surface area contributed by atoms with E-state index in [9.17, 15) is 27.2 Å². The lowest BCUT2D eigenvalue weighted by Gasteiger charge is -2.26. The number of hydrogen-bond donors (Lipinski definition) is 3. The minimum Gasteiger partial charge on any atom is -0.756 e. The second-order valence-electron chi connectivity index (χ2n) is 5.68. The van der Waals surface area contributed by atoms with Crippen LogP contribution in [0.2, 0.25) is 0 Å². The second kappa shape index (κ2) is 8.37. The summed E-state index contributed by atoms with van der Waals surface area (Å²) in [7, 11) is -14.5. The van der Waals surface area contributed by atoms with Crippen LogP contribution in [0.25, 0.3) is 0 Å². The van der Waals surface area contributed by atoms with E-state index in [4.69, 9.17) is 19.1 Å². The van der Waals surface area contributed by atoms with Crippen molar-refractivity contribution in [2.75, 3.05) is 12.8 Å². The minimum absolute atomic E-state index is 0.0600. The van der Waals surface area contributed by atoms with Crippen LogP contribution >= 0.6 is 15.4 Å². The van der Waals surface area contributed by atoms with Gasteiger partial charge in [-0.3, -0.25) is 18.5 Å². The highest BCUT2D eigenvalue weighted by atomic mass is 32.2. The third-order valence-corrected chi connectivity index (χ3v) is 6.94.